The van der Waals surface area contributed by atoms with Crippen molar-refractivity contribution in [3.8, 4) is 5.69 Å². The fourth-order valence-corrected chi connectivity index (χ4v) is 5.66. The molecule has 3 heterocycles. The number of aryl methyl sites for hydroxylation is 1. The average Bonchev–Trinajstić information content (AvgIpc) is 3.28. The average molecular weight is 577 g/mol. The Kier molecular flexibility index (Phi) is 5.63. The molecule has 190 valence electrons. The van der Waals surface area contributed by atoms with Gasteiger partial charge in [-0.25, -0.2) is 19.1 Å². The Labute approximate surface area is 233 Å². The monoisotopic (exact) mass is 576 g/mol. The molecule has 7 rings (SSSR count). The van der Waals surface area contributed by atoms with E-state index in [4.69, 9.17) is 15.1 Å². The maximum Gasteiger partial charge on any atom is 0.179 e. The number of nitrogens with zero attached hydrogens (tertiary/aromatic N) is 5. The molecule has 6 nitrogen and oxygen atoms in total. The van der Waals surface area contributed by atoms with Crippen LogP contribution in [0.25, 0.3) is 5.69 Å². The van der Waals surface area contributed by atoms with Crippen molar-refractivity contribution in [1.82, 2.24) is 9.78 Å². The lowest BCUT2D eigenvalue weighted by atomic mass is 9.93. The maximum absolute atomic E-state index is 14.1. The molecule has 0 fully saturated rings. The van der Waals surface area contributed by atoms with Gasteiger partial charge in [-0.1, -0.05) is 64.5 Å². The maximum atomic E-state index is 14.1. The van der Waals surface area contributed by atoms with E-state index in [2.05, 4.69) is 44.3 Å². The molecule has 1 aromatic heterocycles. The van der Waals surface area contributed by atoms with Crippen LogP contribution in [0.15, 0.2) is 118 Å². The van der Waals surface area contributed by atoms with Crippen LogP contribution in [-0.4, -0.2) is 21.5 Å². The molecule has 0 saturated heterocycles. The molecule has 0 spiro atoms. The number of nitrogens with one attached hydrogen (secondary N) is 1. The van der Waals surface area contributed by atoms with Crippen LogP contribution in [0.1, 0.15) is 22.9 Å². The van der Waals surface area contributed by atoms with E-state index in [-0.39, 0.29) is 11.9 Å². The largest absolute Gasteiger partial charge is 0.337 e. The predicted molar refractivity (Wildman–Crippen MR) is 157 cm³/mol. The lowest BCUT2D eigenvalue weighted by molar-refractivity contribution is 0.628. The third kappa shape index (κ3) is 4.04. The molecule has 0 saturated carbocycles. The molecule has 0 amide bonds. The molecular weight excluding hydrogens is 555 g/mol. The first-order chi connectivity index (χ1) is 19.1. The third-order valence-corrected chi connectivity index (χ3v) is 7.38. The topological polar surface area (TPSA) is 57.8 Å². The zero-order chi connectivity index (χ0) is 26.5. The van der Waals surface area contributed by atoms with Crippen molar-refractivity contribution in [3.05, 3.63) is 130 Å². The molecule has 1 atom stereocenters. The summed E-state index contributed by atoms with van der Waals surface area (Å²) in [5, 5.41) is 8.30. The highest BCUT2D eigenvalue weighted by molar-refractivity contribution is 9.10. The fourth-order valence-electron chi connectivity index (χ4n) is 5.24. The summed E-state index contributed by atoms with van der Waals surface area (Å²) >= 11 is 3.67. The minimum Gasteiger partial charge on any atom is -0.337 e. The van der Waals surface area contributed by atoms with Gasteiger partial charge in [0.05, 0.1) is 28.8 Å². The zero-order valence-electron chi connectivity index (χ0n) is 20.9. The minimum absolute atomic E-state index is 0.233. The van der Waals surface area contributed by atoms with Gasteiger partial charge in [0.15, 0.2) is 17.5 Å². The van der Waals surface area contributed by atoms with E-state index in [0.717, 1.165) is 44.2 Å². The molecule has 0 radical (unpaired) electrons. The van der Waals surface area contributed by atoms with E-state index < -0.39 is 0 Å². The van der Waals surface area contributed by atoms with E-state index in [9.17, 15) is 4.39 Å². The Morgan fingerprint density at radius 3 is 2.46 bits per heavy atom. The van der Waals surface area contributed by atoms with Crippen molar-refractivity contribution in [2.24, 2.45) is 9.98 Å². The summed E-state index contributed by atoms with van der Waals surface area (Å²) in [7, 11) is 0. The third-order valence-electron chi connectivity index (χ3n) is 6.89. The Morgan fingerprint density at radius 2 is 1.64 bits per heavy atom. The van der Waals surface area contributed by atoms with Crippen LogP contribution in [0.5, 0.6) is 0 Å². The van der Waals surface area contributed by atoms with Crippen LogP contribution >= 0.6 is 15.9 Å². The summed E-state index contributed by atoms with van der Waals surface area (Å²) in [6.07, 6.45) is 0. The summed E-state index contributed by atoms with van der Waals surface area (Å²) in [5.74, 6) is 1.57. The lowest BCUT2D eigenvalue weighted by Gasteiger charge is -2.40. The second kappa shape index (κ2) is 9.32. The first-order valence-corrected chi connectivity index (χ1v) is 13.3. The molecule has 0 bridgehead atoms. The highest BCUT2D eigenvalue weighted by Crippen LogP contribution is 2.48. The number of anilines is 2. The van der Waals surface area contributed by atoms with Gasteiger partial charge >= 0.3 is 0 Å². The smallest absolute Gasteiger partial charge is 0.179 e. The number of hydrogen-bond donors (Lipinski definition) is 1. The van der Waals surface area contributed by atoms with E-state index in [1.54, 1.807) is 6.07 Å². The van der Waals surface area contributed by atoms with Gasteiger partial charge in [0.1, 0.15) is 5.82 Å². The first kappa shape index (κ1) is 23.5. The standard InChI is InChI=1S/C31H22BrFN6/c1-19-27-28(20-9-7-10-21(32)17-20)38-26-16-6-5-15-25(26)35-29(34-23-12-8-11-22(33)18-23)31(38)36-30(27)39(37-19)24-13-3-2-4-14-24/h2-18,28H,1H3,(H,34,35). The second-order valence-electron chi connectivity index (χ2n) is 9.42. The van der Waals surface area contributed by atoms with Crippen molar-refractivity contribution in [2.45, 2.75) is 13.0 Å². The summed E-state index contributed by atoms with van der Waals surface area (Å²) in [6.45, 7) is 2.03. The minimum atomic E-state index is -0.327. The molecule has 5 aromatic rings. The molecule has 2 aliphatic heterocycles. The number of aliphatic imine (C=N–C) groups is 2. The summed E-state index contributed by atoms with van der Waals surface area (Å²) < 4.78 is 17.0. The summed E-state index contributed by atoms with van der Waals surface area (Å²) in [5.41, 5.74) is 6.23. The molecule has 8 heteroatoms. The van der Waals surface area contributed by atoms with Crippen molar-refractivity contribution in [3.63, 3.8) is 0 Å². The van der Waals surface area contributed by atoms with Gasteiger partial charge in [0, 0.05) is 15.7 Å². The molecule has 1 N–H and O–H groups in total. The predicted octanol–water partition coefficient (Wildman–Crippen LogP) is 7.88. The van der Waals surface area contributed by atoms with E-state index in [1.807, 2.05) is 78.3 Å². The molecule has 4 aromatic carbocycles. The van der Waals surface area contributed by atoms with Crippen LogP contribution in [-0.2, 0) is 0 Å². The number of fused-ring (bicyclic) bond motifs is 4. The van der Waals surface area contributed by atoms with Crippen molar-refractivity contribution < 1.29 is 4.39 Å². The van der Waals surface area contributed by atoms with Gasteiger partial charge in [-0.3, -0.25) is 0 Å². The van der Waals surface area contributed by atoms with Gasteiger partial charge in [0.2, 0.25) is 0 Å². The number of amidine groups is 2. The van der Waals surface area contributed by atoms with E-state index >= 15 is 0 Å². The Balaban J connectivity index is 1.51. The molecule has 39 heavy (non-hydrogen) atoms. The second-order valence-corrected chi connectivity index (χ2v) is 10.3. The van der Waals surface area contributed by atoms with Crippen molar-refractivity contribution in [2.75, 3.05) is 10.2 Å². The van der Waals surface area contributed by atoms with Crippen LogP contribution in [0.2, 0.25) is 0 Å². The summed E-state index contributed by atoms with van der Waals surface area (Å²) in [6, 6.07) is 32.4. The van der Waals surface area contributed by atoms with E-state index in [0.29, 0.717) is 17.4 Å². The quantitative estimate of drug-likeness (QED) is 0.237. The van der Waals surface area contributed by atoms with Gasteiger partial charge in [0.25, 0.3) is 0 Å². The molecule has 2 aliphatic rings. The van der Waals surface area contributed by atoms with Crippen LogP contribution in [0, 0.1) is 12.7 Å². The van der Waals surface area contributed by atoms with Gasteiger partial charge in [-0.2, -0.15) is 5.10 Å². The van der Waals surface area contributed by atoms with Crippen LogP contribution in [0.4, 0.5) is 27.3 Å². The van der Waals surface area contributed by atoms with Gasteiger partial charge in [-0.15, -0.1) is 0 Å². The fraction of sp³-hybridized carbons (Fsp3) is 0.0645. The van der Waals surface area contributed by atoms with Crippen molar-refractivity contribution in [1.29, 1.82) is 0 Å². The Bertz CT molecular complexity index is 1790. The number of benzene rings is 4. The number of rotatable bonds is 3. The van der Waals surface area contributed by atoms with Crippen molar-refractivity contribution >= 4 is 50.5 Å². The number of aromatic nitrogens is 2. The number of halogens is 2. The van der Waals surface area contributed by atoms with Gasteiger partial charge in [-0.05, 0) is 67.1 Å². The molecule has 1 unspecified atom stereocenters. The highest BCUT2D eigenvalue weighted by Gasteiger charge is 2.41. The van der Waals surface area contributed by atoms with Crippen LogP contribution in [0.3, 0.4) is 0 Å². The SMILES string of the molecule is Cc1nn(-c2ccccc2)c2c1C(c1cccc(Br)c1)N1C(=N2)C(Nc2cccc(F)c2)=Nc2ccccc21. The normalized spacial score (nSPS) is 15.6. The molecule has 0 aliphatic carbocycles. The first-order valence-electron chi connectivity index (χ1n) is 12.6. The van der Waals surface area contributed by atoms with E-state index in [1.165, 1.54) is 12.1 Å². The molecular formula is C31H22BrFN6. The lowest BCUT2D eigenvalue weighted by Crippen LogP contribution is -2.46. The number of para-hydroxylation sites is 3. The Morgan fingerprint density at radius 1 is 0.846 bits per heavy atom. The summed E-state index contributed by atoms with van der Waals surface area (Å²) in [4.78, 5) is 12.4. The zero-order valence-corrected chi connectivity index (χ0v) is 22.5. The van der Waals surface area contributed by atoms with Gasteiger partial charge < -0.3 is 10.2 Å². The number of hydrogen-bond acceptors (Lipinski definition) is 5. The van der Waals surface area contributed by atoms with Crippen LogP contribution < -0.4 is 10.2 Å². The Hall–Kier alpha value is -4.56. The highest BCUT2D eigenvalue weighted by atomic mass is 79.9.